The van der Waals surface area contributed by atoms with Crippen LogP contribution in [0.2, 0.25) is 0 Å². The lowest BCUT2D eigenvalue weighted by Crippen LogP contribution is -2.38. The van der Waals surface area contributed by atoms with E-state index < -0.39 is 5.79 Å². The van der Waals surface area contributed by atoms with Crippen LogP contribution in [0.5, 0.6) is 17.2 Å². The molecule has 0 fully saturated rings. The van der Waals surface area contributed by atoms with E-state index in [1.165, 1.54) is 0 Å². The third-order valence-electron chi connectivity index (χ3n) is 5.10. The van der Waals surface area contributed by atoms with Gasteiger partial charge in [0.25, 0.3) is 0 Å². The summed E-state index contributed by atoms with van der Waals surface area (Å²) in [5.74, 6) is 0.790. The Labute approximate surface area is 158 Å². The Kier molecular flexibility index (Phi) is 4.50. The summed E-state index contributed by atoms with van der Waals surface area (Å²) in [7, 11) is 3.30. The molecule has 4 nitrogen and oxygen atoms in total. The van der Waals surface area contributed by atoms with Crippen LogP contribution < -0.4 is 14.2 Å². The Balaban J connectivity index is 1.82. The lowest BCUT2D eigenvalue weighted by atomic mass is 9.81. The first-order valence-electron chi connectivity index (χ1n) is 8.92. The Morgan fingerprint density at radius 2 is 1.56 bits per heavy atom. The normalized spacial score (nSPS) is 21.1. The minimum atomic E-state index is -1.40. The molecule has 1 aliphatic rings. The predicted molar refractivity (Wildman–Crippen MR) is 103 cm³/mol. The van der Waals surface area contributed by atoms with Crippen molar-refractivity contribution in [2.45, 2.75) is 18.1 Å². The molecule has 4 heteroatoms. The fourth-order valence-corrected chi connectivity index (χ4v) is 3.64. The Morgan fingerprint density at radius 1 is 0.889 bits per heavy atom. The zero-order valence-corrected chi connectivity index (χ0v) is 15.4. The quantitative estimate of drug-likeness (QED) is 0.744. The van der Waals surface area contributed by atoms with Crippen molar-refractivity contribution >= 4 is 0 Å². The Bertz CT molecular complexity index is 921. The van der Waals surface area contributed by atoms with Crippen molar-refractivity contribution in [1.82, 2.24) is 0 Å². The van der Waals surface area contributed by atoms with E-state index in [4.69, 9.17) is 14.2 Å². The van der Waals surface area contributed by atoms with E-state index >= 15 is 0 Å². The number of aliphatic hydroxyl groups is 1. The molecule has 1 heterocycles. The number of methoxy groups -OCH3 is 2. The van der Waals surface area contributed by atoms with Crippen LogP contribution in [0.4, 0.5) is 0 Å². The minimum absolute atomic E-state index is 0.0417. The predicted octanol–water partition coefficient (Wildman–Crippen LogP) is 4.46. The molecule has 1 aliphatic heterocycles. The zero-order chi connectivity index (χ0) is 18.9. The molecular weight excluding hydrogens is 340 g/mol. The van der Waals surface area contributed by atoms with Gasteiger partial charge in [0.15, 0.2) is 0 Å². The van der Waals surface area contributed by atoms with Crippen molar-refractivity contribution in [3.05, 3.63) is 89.5 Å². The highest BCUT2D eigenvalue weighted by molar-refractivity contribution is 5.49. The van der Waals surface area contributed by atoms with E-state index in [1.807, 2.05) is 72.8 Å². The maximum absolute atomic E-state index is 11.4. The van der Waals surface area contributed by atoms with E-state index in [0.717, 1.165) is 28.2 Å². The number of fused-ring (bicyclic) bond motifs is 1. The van der Waals surface area contributed by atoms with E-state index in [1.54, 1.807) is 14.2 Å². The van der Waals surface area contributed by atoms with E-state index in [0.29, 0.717) is 12.2 Å². The molecule has 0 radical (unpaired) electrons. The number of rotatable bonds is 4. The number of hydrogen-bond acceptors (Lipinski definition) is 4. The highest BCUT2D eigenvalue weighted by Gasteiger charge is 2.41. The van der Waals surface area contributed by atoms with Gasteiger partial charge in [-0.2, -0.15) is 0 Å². The molecule has 0 aliphatic carbocycles. The van der Waals surface area contributed by atoms with Gasteiger partial charge >= 0.3 is 0 Å². The molecule has 1 N–H and O–H groups in total. The molecule has 3 aromatic rings. The molecule has 0 unspecified atom stereocenters. The van der Waals surface area contributed by atoms with Gasteiger partial charge in [0, 0.05) is 23.5 Å². The van der Waals surface area contributed by atoms with Gasteiger partial charge in [-0.05, 0) is 35.9 Å². The van der Waals surface area contributed by atoms with E-state index in [2.05, 4.69) is 0 Å². The highest BCUT2D eigenvalue weighted by atomic mass is 16.6. The summed E-state index contributed by atoms with van der Waals surface area (Å²) >= 11 is 0. The summed E-state index contributed by atoms with van der Waals surface area (Å²) in [6.07, 6.45) is 0.406. The topological polar surface area (TPSA) is 47.9 Å². The maximum Gasteiger partial charge on any atom is 0.235 e. The number of ether oxygens (including phenoxy) is 3. The lowest BCUT2D eigenvalue weighted by Gasteiger charge is -2.39. The van der Waals surface area contributed by atoms with Crippen LogP contribution in [0.15, 0.2) is 72.8 Å². The largest absolute Gasteiger partial charge is 0.497 e. The second-order valence-electron chi connectivity index (χ2n) is 6.69. The van der Waals surface area contributed by atoms with Gasteiger partial charge in [-0.1, -0.05) is 42.5 Å². The van der Waals surface area contributed by atoms with Crippen molar-refractivity contribution in [1.29, 1.82) is 0 Å². The molecule has 27 heavy (non-hydrogen) atoms. The molecule has 2 atom stereocenters. The first kappa shape index (κ1) is 17.4. The molecule has 0 aromatic heterocycles. The highest BCUT2D eigenvalue weighted by Crippen LogP contribution is 2.48. The van der Waals surface area contributed by atoms with E-state index in [9.17, 15) is 5.11 Å². The fourth-order valence-electron chi connectivity index (χ4n) is 3.64. The SMILES string of the molecule is COc1ccc([C@H]2C[C@@](O)(c3ccccc3)Oc3ccc(OC)cc32)cc1. The minimum Gasteiger partial charge on any atom is -0.497 e. The van der Waals surface area contributed by atoms with Crippen molar-refractivity contribution < 1.29 is 19.3 Å². The van der Waals surface area contributed by atoms with Crippen LogP contribution in [-0.4, -0.2) is 19.3 Å². The summed E-state index contributed by atoms with van der Waals surface area (Å²) in [6.45, 7) is 0. The van der Waals surface area contributed by atoms with E-state index in [-0.39, 0.29) is 5.92 Å². The first-order chi connectivity index (χ1) is 13.1. The van der Waals surface area contributed by atoms with Gasteiger partial charge in [0.2, 0.25) is 5.79 Å². The van der Waals surface area contributed by atoms with Gasteiger partial charge < -0.3 is 19.3 Å². The third kappa shape index (κ3) is 3.24. The summed E-state index contributed by atoms with van der Waals surface area (Å²) in [4.78, 5) is 0. The second kappa shape index (κ2) is 6.97. The van der Waals surface area contributed by atoms with Crippen molar-refractivity contribution in [2.24, 2.45) is 0 Å². The van der Waals surface area contributed by atoms with Gasteiger partial charge in [0.1, 0.15) is 17.2 Å². The summed E-state index contributed by atoms with van der Waals surface area (Å²) in [5, 5.41) is 11.4. The van der Waals surface area contributed by atoms with Gasteiger partial charge in [0.05, 0.1) is 14.2 Å². The van der Waals surface area contributed by atoms with Crippen LogP contribution in [-0.2, 0) is 5.79 Å². The van der Waals surface area contributed by atoms with Crippen LogP contribution in [0.3, 0.4) is 0 Å². The Hall–Kier alpha value is -2.98. The average molecular weight is 362 g/mol. The van der Waals surface area contributed by atoms with Crippen molar-refractivity contribution in [3.63, 3.8) is 0 Å². The van der Waals surface area contributed by atoms with Crippen molar-refractivity contribution in [2.75, 3.05) is 14.2 Å². The first-order valence-corrected chi connectivity index (χ1v) is 8.92. The lowest BCUT2D eigenvalue weighted by molar-refractivity contribution is -0.161. The molecule has 138 valence electrons. The molecule has 0 saturated carbocycles. The van der Waals surface area contributed by atoms with Crippen molar-refractivity contribution in [3.8, 4) is 17.2 Å². The molecule has 0 saturated heterocycles. The summed E-state index contributed by atoms with van der Waals surface area (Å²) in [5.41, 5.74) is 2.83. The number of hydrogen-bond donors (Lipinski definition) is 1. The fraction of sp³-hybridized carbons (Fsp3) is 0.217. The van der Waals surface area contributed by atoms with Crippen LogP contribution >= 0.6 is 0 Å². The average Bonchev–Trinajstić information content (AvgIpc) is 2.73. The van der Waals surface area contributed by atoms with Gasteiger partial charge in [-0.25, -0.2) is 0 Å². The number of benzene rings is 3. The standard InChI is InChI=1S/C23H22O4/c1-25-18-10-8-16(9-11-18)21-15-23(24,17-6-4-3-5-7-17)27-22-13-12-19(26-2)14-20(21)22/h3-14,21,24H,15H2,1-2H3/t21-,23+/m1/s1. The Morgan fingerprint density at radius 3 is 2.22 bits per heavy atom. The monoisotopic (exact) mass is 362 g/mol. The third-order valence-corrected chi connectivity index (χ3v) is 5.10. The van der Waals surface area contributed by atoms with Gasteiger partial charge in [-0.3, -0.25) is 0 Å². The zero-order valence-electron chi connectivity index (χ0n) is 15.4. The van der Waals surface area contributed by atoms with Crippen LogP contribution in [0.25, 0.3) is 0 Å². The van der Waals surface area contributed by atoms with Crippen LogP contribution in [0.1, 0.15) is 29.0 Å². The molecule has 0 amide bonds. The molecule has 0 bridgehead atoms. The second-order valence-corrected chi connectivity index (χ2v) is 6.69. The maximum atomic E-state index is 11.4. The molecule has 3 aromatic carbocycles. The summed E-state index contributed by atoms with van der Waals surface area (Å²) in [6, 6.07) is 23.1. The molecule has 0 spiro atoms. The van der Waals surface area contributed by atoms with Crippen LogP contribution in [0, 0.1) is 0 Å². The molecular formula is C23H22O4. The van der Waals surface area contributed by atoms with Gasteiger partial charge in [-0.15, -0.1) is 0 Å². The molecule has 4 rings (SSSR count). The smallest absolute Gasteiger partial charge is 0.235 e. The summed E-state index contributed by atoms with van der Waals surface area (Å²) < 4.78 is 16.8.